The van der Waals surface area contributed by atoms with Gasteiger partial charge in [-0.25, -0.2) is 9.07 Å². The fraction of sp³-hybridized carbons (Fsp3) is 0.769. The number of rotatable bonds is 4. The van der Waals surface area contributed by atoms with Crippen molar-refractivity contribution < 1.29 is 35.7 Å². The molecule has 1 atom stereocenters. The Morgan fingerprint density at radius 1 is 1.12 bits per heavy atom. The van der Waals surface area contributed by atoms with Crippen LogP contribution < -0.4 is 5.46 Å². The Labute approximate surface area is 135 Å². The van der Waals surface area contributed by atoms with Gasteiger partial charge >= 0.3 is 19.2 Å². The van der Waals surface area contributed by atoms with Crippen LogP contribution in [0.3, 0.4) is 0 Å². The molecular formula is C13H17BF6N2O2. The van der Waals surface area contributed by atoms with Crippen molar-refractivity contribution in [1.82, 2.24) is 9.78 Å². The summed E-state index contributed by atoms with van der Waals surface area (Å²) < 4.78 is 87.8. The first-order chi connectivity index (χ1) is 10.7. The van der Waals surface area contributed by atoms with E-state index in [9.17, 15) is 26.3 Å². The van der Waals surface area contributed by atoms with E-state index < -0.39 is 43.1 Å². The third-order valence-corrected chi connectivity index (χ3v) is 4.27. The van der Waals surface area contributed by atoms with E-state index in [1.807, 2.05) is 0 Å². The molecule has 2 heterocycles. The minimum Gasteiger partial charge on any atom is -0.399 e. The first kappa shape index (κ1) is 19.1. The van der Waals surface area contributed by atoms with Crippen LogP contribution in [-0.4, -0.2) is 40.2 Å². The zero-order chi connectivity index (χ0) is 18.6. The largest absolute Gasteiger partial charge is 0.498 e. The highest BCUT2D eigenvalue weighted by Crippen LogP contribution is 2.41. The highest BCUT2D eigenvalue weighted by molar-refractivity contribution is 6.61. The molecule has 1 unspecified atom stereocenters. The second-order valence-electron chi connectivity index (χ2n) is 6.68. The van der Waals surface area contributed by atoms with Gasteiger partial charge in [0.25, 0.3) is 0 Å². The molecule has 0 aromatic carbocycles. The monoisotopic (exact) mass is 358 g/mol. The van der Waals surface area contributed by atoms with Crippen molar-refractivity contribution >= 4 is 12.6 Å². The zero-order valence-electron chi connectivity index (χ0n) is 13.5. The number of halogens is 6. The van der Waals surface area contributed by atoms with E-state index in [1.165, 1.54) is 0 Å². The van der Waals surface area contributed by atoms with E-state index in [4.69, 9.17) is 9.31 Å². The summed E-state index contributed by atoms with van der Waals surface area (Å²) in [5, 5.41) is 3.50. The van der Waals surface area contributed by atoms with Crippen molar-refractivity contribution in [1.29, 1.82) is 0 Å². The highest BCUT2D eigenvalue weighted by atomic mass is 19.4. The highest BCUT2D eigenvalue weighted by Gasteiger charge is 2.58. The Hall–Kier alpha value is -1.23. The summed E-state index contributed by atoms with van der Waals surface area (Å²) in [7, 11) is -0.918. The van der Waals surface area contributed by atoms with Gasteiger partial charge in [-0.15, -0.1) is 0 Å². The molecule has 24 heavy (non-hydrogen) atoms. The molecule has 11 heteroatoms. The van der Waals surface area contributed by atoms with Crippen molar-refractivity contribution in [2.24, 2.45) is 0 Å². The molecule has 0 radical (unpaired) electrons. The fourth-order valence-electron chi connectivity index (χ4n) is 2.03. The third kappa shape index (κ3) is 3.41. The molecule has 0 bridgehead atoms. The molecule has 1 aromatic rings. The summed E-state index contributed by atoms with van der Waals surface area (Å²) in [6.07, 6.45) is -8.41. The van der Waals surface area contributed by atoms with E-state index in [2.05, 4.69) is 5.10 Å². The van der Waals surface area contributed by atoms with Gasteiger partial charge in [0.15, 0.2) is 6.30 Å². The van der Waals surface area contributed by atoms with Gasteiger partial charge in [-0.3, -0.25) is 0 Å². The molecule has 0 amide bonds. The number of nitrogens with zero attached hydrogens (tertiary/aromatic N) is 2. The normalized spacial score (nSPS) is 22.0. The fourth-order valence-corrected chi connectivity index (χ4v) is 2.03. The summed E-state index contributed by atoms with van der Waals surface area (Å²) in [5.74, 6) is -5.15. The molecule has 2 rings (SSSR count). The molecule has 1 aliphatic rings. The van der Waals surface area contributed by atoms with Gasteiger partial charge in [-0.2, -0.15) is 27.1 Å². The molecular weight excluding hydrogens is 341 g/mol. The van der Waals surface area contributed by atoms with E-state index in [0.29, 0.717) is 4.68 Å². The summed E-state index contributed by atoms with van der Waals surface area (Å²) in [6.45, 7) is 7.11. The molecule has 1 fully saturated rings. The molecule has 0 saturated carbocycles. The lowest BCUT2D eigenvalue weighted by Gasteiger charge is -2.32. The summed E-state index contributed by atoms with van der Waals surface area (Å²) in [6, 6.07) is 0. The van der Waals surface area contributed by atoms with Crippen molar-refractivity contribution in [2.45, 2.75) is 63.7 Å². The van der Waals surface area contributed by atoms with Crippen LogP contribution in [0.25, 0.3) is 0 Å². The quantitative estimate of drug-likeness (QED) is 0.613. The average Bonchev–Trinajstić information content (AvgIpc) is 2.91. The summed E-state index contributed by atoms with van der Waals surface area (Å²) >= 11 is 0. The SMILES string of the molecule is CC1(C)OB(c2cnn(C(F)CC(F)(F)C(F)(F)F)c2)OC1(C)C. The lowest BCUT2D eigenvalue weighted by Crippen LogP contribution is -2.41. The van der Waals surface area contributed by atoms with Crippen LogP contribution in [-0.2, 0) is 9.31 Å². The molecule has 1 aliphatic heterocycles. The first-order valence-corrected chi connectivity index (χ1v) is 7.15. The van der Waals surface area contributed by atoms with Crippen molar-refractivity contribution in [3.05, 3.63) is 12.4 Å². The van der Waals surface area contributed by atoms with Gasteiger partial charge in [0.05, 0.1) is 17.6 Å². The van der Waals surface area contributed by atoms with Gasteiger partial charge in [0.1, 0.15) is 0 Å². The van der Waals surface area contributed by atoms with Crippen LogP contribution in [0.1, 0.15) is 40.4 Å². The van der Waals surface area contributed by atoms with Gasteiger partial charge < -0.3 is 9.31 Å². The number of hydrogen-bond acceptors (Lipinski definition) is 3. The Morgan fingerprint density at radius 3 is 2.08 bits per heavy atom. The molecule has 1 saturated heterocycles. The first-order valence-electron chi connectivity index (χ1n) is 7.15. The Kier molecular flexibility index (Phi) is 4.50. The topological polar surface area (TPSA) is 36.3 Å². The molecule has 0 aliphatic carbocycles. The Morgan fingerprint density at radius 2 is 1.62 bits per heavy atom. The zero-order valence-corrected chi connectivity index (χ0v) is 13.5. The second-order valence-corrected chi connectivity index (χ2v) is 6.68. The van der Waals surface area contributed by atoms with E-state index >= 15 is 0 Å². The Balaban J connectivity index is 2.12. The predicted molar refractivity (Wildman–Crippen MR) is 73.7 cm³/mol. The summed E-state index contributed by atoms with van der Waals surface area (Å²) in [4.78, 5) is 0. The predicted octanol–water partition coefficient (Wildman–Crippen LogP) is 3.24. The molecule has 0 N–H and O–H groups in total. The van der Waals surface area contributed by atoms with Crippen molar-refractivity contribution in [3.63, 3.8) is 0 Å². The maximum absolute atomic E-state index is 13.8. The van der Waals surface area contributed by atoms with Crippen LogP contribution in [0.5, 0.6) is 0 Å². The minimum atomic E-state index is -5.82. The maximum Gasteiger partial charge on any atom is 0.498 e. The maximum atomic E-state index is 13.8. The standard InChI is InChI=1S/C13H17BF6N2O2/c1-10(2)11(3,4)24-14(23-10)8-6-21-22(7-8)9(15)5-12(16,17)13(18,19)20/h6-7,9H,5H2,1-4H3. The minimum absolute atomic E-state index is 0.228. The van der Waals surface area contributed by atoms with Gasteiger partial charge in [-0.05, 0) is 27.7 Å². The van der Waals surface area contributed by atoms with Gasteiger partial charge in [0, 0.05) is 17.9 Å². The third-order valence-electron chi connectivity index (χ3n) is 4.27. The van der Waals surface area contributed by atoms with Gasteiger partial charge in [0.2, 0.25) is 0 Å². The number of alkyl halides is 6. The number of aromatic nitrogens is 2. The van der Waals surface area contributed by atoms with Crippen LogP contribution in [0.4, 0.5) is 26.3 Å². The molecule has 1 aromatic heterocycles. The van der Waals surface area contributed by atoms with Crippen molar-refractivity contribution in [3.8, 4) is 0 Å². The lowest BCUT2D eigenvalue weighted by atomic mass is 9.82. The average molecular weight is 358 g/mol. The van der Waals surface area contributed by atoms with Crippen LogP contribution in [0.15, 0.2) is 12.4 Å². The van der Waals surface area contributed by atoms with Crippen LogP contribution in [0.2, 0.25) is 0 Å². The van der Waals surface area contributed by atoms with Crippen molar-refractivity contribution in [2.75, 3.05) is 0 Å². The van der Waals surface area contributed by atoms with Crippen LogP contribution >= 0.6 is 0 Å². The lowest BCUT2D eigenvalue weighted by molar-refractivity contribution is -0.290. The number of hydrogen-bond donors (Lipinski definition) is 0. The molecule has 0 spiro atoms. The second kappa shape index (κ2) is 5.65. The Bertz CT molecular complexity index is 586. The molecule has 4 nitrogen and oxygen atoms in total. The molecule has 136 valence electrons. The van der Waals surface area contributed by atoms with Gasteiger partial charge in [-0.1, -0.05) is 0 Å². The van der Waals surface area contributed by atoms with Crippen LogP contribution in [0, 0.1) is 0 Å². The van der Waals surface area contributed by atoms with E-state index in [1.54, 1.807) is 27.7 Å². The smallest absolute Gasteiger partial charge is 0.399 e. The van der Waals surface area contributed by atoms with E-state index in [0.717, 1.165) is 12.4 Å². The van der Waals surface area contributed by atoms with E-state index in [-0.39, 0.29) is 5.46 Å². The summed E-state index contributed by atoms with van der Waals surface area (Å²) in [5.41, 5.74) is -1.14.